The fourth-order valence-corrected chi connectivity index (χ4v) is 3.59. The molecule has 1 aliphatic heterocycles. The third kappa shape index (κ3) is 3.36. The molecule has 24 heavy (non-hydrogen) atoms. The Balaban J connectivity index is 2.11. The van der Waals surface area contributed by atoms with E-state index in [9.17, 15) is 13.2 Å². The van der Waals surface area contributed by atoms with Crippen molar-refractivity contribution in [1.29, 1.82) is 0 Å². The number of benzene rings is 1. The van der Waals surface area contributed by atoms with Gasteiger partial charge in [-0.15, -0.1) is 0 Å². The third-order valence-corrected chi connectivity index (χ3v) is 4.71. The number of alkyl halides is 3. The van der Waals surface area contributed by atoms with Crippen LogP contribution in [0.25, 0.3) is 0 Å². The van der Waals surface area contributed by atoms with Crippen molar-refractivity contribution in [3.05, 3.63) is 59.4 Å². The summed E-state index contributed by atoms with van der Waals surface area (Å²) in [5.41, 5.74) is 0.800. The van der Waals surface area contributed by atoms with Gasteiger partial charge in [0.1, 0.15) is 0 Å². The number of halogens is 3. The van der Waals surface area contributed by atoms with E-state index >= 15 is 0 Å². The molecule has 1 aromatic heterocycles. The van der Waals surface area contributed by atoms with E-state index in [0.29, 0.717) is 5.56 Å². The van der Waals surface area contributed by atoms with Crippen molar-refractivity contribution in [3.63, 3.8) is 0 Å². The lowest BCUT2D eigenvalue weighted by atomic mass is 9.95. The first kappa shape index (κ1) is 17.1. The number of hydrogen-bond donors (Lipinski definition) is 0. The molecule has 0 fully saturated rings. The highest BCUT2D eigenvalue weighted by Crippen LogP contribution is 2.40. The van der Waals surface area contributed by atoms with Gasteiger partial charge in [-0.25, -0.2) is 0 Å². The molecule has 0 N–H and O–H groups in total. The SMILES string of the molecule is CCCCN1CCCn2cccc2C1c1ccccc1C(F)(F)F. The molecule has 1 atom stereocenters. The first-order valence-corrected chi connectivity index (χ1v) is 8.57. The average molecular weight is 336 g/mol. The third-order valence-electron chi connectivity index (χ3n) is 4.71. The molecular formula is C19H23F3N2. The molecule has 0 saturated heterocycles. The zero-order valence-corrected chi connectivity index (χ0v) is 13.9. The first-order chi connectivity index (χ1) is 11.5. The van der Waals surface area contributed by atoms with Crippen molar-refractivity contribution in [1.82, 2.24) is 9.47 Å². The minimum absolute atomic E-state index is 0.341. The standard InChI is InChI=1S/C19H23F3N2/c1-2-3-11-24-14-7-13-23-12-6-10-17(23)18(24)15-8-4-5-9-16(15)19(20,21)22/h4-6,8-10,12,18H,2-3,7,11,13-14H2,1H3. The van der Waals surface area contributed by atoms with Gasteiger partial charge in [-0.3, -0.25) is 4.90 Å². The van der Waals surface area contributed by atoms with Gasteiger partial charge in [0.2, 0.25) is 0 Å². The van der Waals surface area contributed by atoms with Gasteiger partial charge >= 0.3 is 6.18 Å². The molecule has 3 rings (SSSR count). The van der Waals surface area contributed by atoms with Crippen LogP contribution in [0, 0.1) is 0 Å². The van der Waals surface area contributed by atoms with Crippen LogP contribution in [0.3, 0.4) is 0 Å². The van der Waals surface area contributed by atoms with Gasteiger partial charge in [0.15, 0.2) is 0 Å². The second-order valence-corrected chi connectivity index (χ2v) is 6.36. The van der Waals surface area contributed by atoms with E-state index in [1.165, 1.54) is 12.1 Å². The second kappa shape index (κ2) is 7.01. The molecule has 2 aromatic rings. The van der Waals surface area contributed by atoms with Gasteiger partial charge in [0.05, 0.1) is 11.6 Å². The van der Waals surface area contributed by atoms with E-state index in [-0.39, 0.29) is 6.04 Å². The van der Waals surface area contributed by atoms with Crippen LogP contribution in [0.1, 0.15) is 49.0 Å². The van der Waals surface area contributed by atoms with Crippen LogP contribution in [0.5, 0.6) is 0 Å². The minimum Gasteiger partial charge on any atom is -0.350 e. The first-order valence-electron chi connectivity index (χ1n) is 8.57. The Morgan fingerprint density at radius 1 is 1.08 bits per heavy atom. The number of aryl methyl sites for hydroxylation is 1. The summed E-state index contributed by atoms with van der Waals surface area (Å²) in [5.74, 6) is 0. The largest absolute Gasteiger partial charge is 0.416 e. The summed E-state index contributed by atoms with van der Waals surface area (Å²) in [7, 11) is 0. The van der Waals surface area contributed by atoms with Gasteiger partial charge < -0.3 is 4.57 Å². The fraction of sp³-hybridized carbons (Fsp3) is 0.474. The molecule has 0 radical (unpaired) electrons. The maximum absolute atomic E-state index is 13.6. The normalized spacial score (nSPS) is 19.1. The van der Waals surface area contributed by atoms with Crippen LogP contribution in [0.15, 0.2) is 42.6 Å². The van der Waals surface area contributed by atoms with Crippen molar-refractivity contribution < 1.29 is 13.2 Å². The zero-order valence-electron chi connectivity index (χ0n) is 13.9. The van der Waals surface area contributed by atoms with Gasteiger partial charge in [-0.05, 0) is 43.1 Å². The van der Waals surface area contributed by atoms with Crippen LogP contribution in [-0.2, 0) is 12.7 Å². The molecule has 0 amide bonds. The molecule has 0 aliphatic carbocycles. The second-order valence-electron chi connectivity index (χ2n) is 6.36. The van der Waals surface area contributed by atoms with E-state index in [2.05, 4.69) is 16.4 Å². The predicted octanol–water partition coefficient (Wildman–Crippen LogP) is 5.10. The Bertz CT molecular complexity index is 675. The lowest BCUT2D eigenvalue weighted by Crippen LogP contribution is -2.32. The highest BCUT2D eigenvalue weighted by atomic mass is 19.4. The molecule has 0 spiro atoms. The van der Waals surface area contributed by atoms with E-state index in [0.717, 1.165) is 44.6 Å². The molecule has 2 nitrogen and oxygen atoms in total. The molecule has 1 aromatic carbocycles. The minimum atomic E-state index is -4.34. The van der Waals surface area contributed by atoms with Gasteiger partial charge in [-0.2, -0.15) is 13.2 Å². The summed E-state index contributed by atoms with van der Waals surface area (Å²) in [6.07, 6.45) is 0.616. The molecule has 0 saturated carbocycles. The topological polar surface area (TPSA) is 8.17 Å². The molecule has 1 aliphatic rings. The smallest absolute Gasteiger partial charge is 0.350 e. The average Bonchev–Trinajstić information content (AvgIpc) is 2.93. The van der Waals surface area contributed by atoms with Crippen molar-refractivity contribution >= 4 is 0 Å². The summed E-state index contributed by atoms with van der Waals surface area (Å²) in [4.78, 5) is 2.22. The summed E-state index contributed by atoms with van der Waals surface area (Å²) in [6, 6.07) is 9.57. The lowest BCUT2D eigenvalue weighted by Gasteiger charge is -2.32. The van der Waals surface area contributed by atoms with Crippen molar-refractivity contribution in [3.8, 4) is 0 Å². The number of unbranched alkanes of at least 4 members (excludes halogenated alkanes) is 1. The number of fused-ring (bicyclic) bond motifs is 1. The molecule has 0 bridgehead atoms. The highest BCUT2D eigenvalue weighted by molar-refractivity contribution is 5.38. The van der Waals surface area contributed by atoms with E-state index in [1.807, 2.05) is 18.3 Å². The summed E-state index contributed by atoms with van der Waals surface area (Å²) < 4.78 is 42.8. The summed E-state index contributed by atoms with van der Waals surface area (Å²) in [5, 5.41) is 0. The molecular weight excluding hydrogens is 313 g/mol. The Kier molecular flexibility index (Phi) is 4.99. The number of nitrogens with zero attached hydrogens (tertiary/aromatic N) is 2. The monoisotopic (exact) mass is 336 g/mol. The molecule has 2 heterocycles. The predicted molar refractivity (Wildman–Crippen MR) is 88.8 cm³/mol. The van der Waals surface area contributed by atoms with Crippen LogP contribution in [0.2, 0.25) is 0 Å². The van der Waals surface area contributed by atoms with Gasteiger partial charge in [0.25, 0.3) is 0 Å². The molecule has 130 valence electrons. The van der Waals surface area contributed by atoms with Crippen molar-refractivity contribution in [2.75, 3.05) is 13.1 Å². The Labute approximate surface area is 140 Å². The summed E-state index contributed by atoms with van der Waals surface area (Å²) in [6.45, 7) is 4.60. The van der Waals surface area contributed by atoms with Gasteiger partial charge in [0, 0.05) is 25.0 Å². The van der Waals surface area contributed by atoms with Crippen molar-refractivity contribution in [2.45, 2.75) is 44.9 Å². The summed E-state index contributed by atoms with van der Waals surface area (Å²) >= 11 is 0. The van der Waals surface area contributed by atoms with Gasteiger partial charge in [-0.1, -0.05) is 31.5 Å². The van der Waals surface area contributed by atoms with E-state index < -0.39 is 11.7 Å². The maximum atomic E-state index is 13.6. The fourth-order valence-electron chi connectivity index (χ4n) is 3.59. The highest BCUT2D eigenvalue weighted by Gasteiger charge is 2.37. The molecule has 5 heteroatoms. The van der Waals surface area contributed by atoms with E-state index in [4.69, 9.17) is 0 Å². The maximum Gasteiger partial charge on any atom is 0.416 e. The van der Waals surface area contributed by atoms with Crippen LogP contribution in [-0.4, -0.2) is 22.6 Å². The lowest BCUT2D eigenvalue weighted by molar-refractivity contribution is -0.138. The Morgan fingerprint density at radius 2 is 1.88 bits per heavy atom. The van der Waals surface area contributed by atoms with Crippen LogP contribution in [0.4, 0.5) is 13.2 Å². The Morgan fingerprint density at radius 3 is 2.62 bits per heavy atom. The zero-order chi connectivity index (χ0) is 17.2. The number of aromatic nitrogens is 1. The van der Waals surface area contributed by atoms with Crippen LogP contribution >= 0.6 is 0 Å². The van der Waals surface area contributed by atoms with Crippen LogP contribution < -0.4 is 0 Å². The van der Waals surface area contributed by atoms with E-state index in [1.54, 1.807) is 12.1 Å². The van der Waals surface area contributed by atoms with Crippen molar-refractivity contribution in [2.24, 2.45) is 0 Å². The Hall–Kier alpha value is -1.75. The molecule has 1 unspecified atom stereocenters. The number of hydrogen-bond acceptors (Lipinski definition) is 1. The quantitative estimate of drug-likeness (QED) is 0.754. The number of rotatable bonds is 4.